The van der Waals surface area contributed by atoms with Gasteiger partial charge < -0.3 is 11.1 Å². The zero-order valence-corrected chi connectivity index (χ0v) is 11.0. The van der Waals surface area contributed by atoms with Crippen molar-refractivity contribution in [3.8, 4) is 0 Å². The predicted molar refractivity (Wildman–Crippen MR) is 73.2 cm³/mol. The molecule has 0 heterocycles. The molecule has 1 aliphatic carbocycles. The fourth-order valence-corrected chi connectivity index (χ4v) is 2.67. The molecule has 0 aliphatic heterocycles. The van der Waals surface area contributed by atoms with Crippen molar-refractivity contribution in [3.63, 3.8) is 0 Å². The Bertz CT molecular complexity index is 399. The third-order valence-corrected chi connectivity index (χ3v) is 3.77. The molecule has 98 valence electrons. The predicted octanol–water partition coefficient (Wildman–Crippen LogP) is 2.45. The number of benzene rings is 1. The van der Waals surface area contributed by atoms with E-state index in [1.54, 1.807) is 12.1 Å². The lowest BCUT2D eigenvalue weighted by atomic mass is 9.87. The van der Waals surface area contributed by atoms with Crippen molar-refractivity contribution < 1.29 is 4.79 Å². The van der Waals surface area contributed by atoms with Crippen molar-refractivity contribution in [2.75, 3.05) is 0 Å². The van der Waals surface area contributed by atoms with Crippen molar-refractivity contribution in [1.29, 1.82) is 0 Å². The quantitative estimate of drug-likeness (QED) is 0.857. The maximum atomic E-state index is 11.0. The van der Waals surface area contributed by atoms with Gasteiger partial charge in [0, 0.05) is 18.2 Å². The van der Waals surface area contributed by atoms with Gasteiger partial charge in [0.25, 0.3) is 0 Å². The van der Waals surface area contributed by atoms with E-state index in [0.717, 1.165) is 12.5 Å². The van der Waals surface area contributed by atoms with Crippen LogP contribution in [-0.4, -0.2) is 11.9 Å². The van der Waals surface area contributed by atoms with Gasteiger partial charge in [-0.2, -0.15) is 0 Å². The van der Waals surface area contributed by atoms with Gasteiger partial charge in [-0.05, 0) is 36.5 Å². The zero-order valence-electron chi connectivity index (χ0n) is 11.0. The second-order valence-corrected chi connectivity index (χ2v) is 5.41. The molecule has 2 unspecified atom stereocenters. The van der Waals surface area contributed by atoms with E-state index in [1.165, 1.54) is 31.2 Å². The van der Waals surface area contributed by atoms with Gasteiger partial charge >= 0.3 is 0 Å². The molecule has 3 N–H and O–H groups in total. The number of carbonyl (C=O) groups is 1. The first-order valence-corrected chi connectivity index (χ1v) is 6.77. The normalized spacial score (nSPS) is 23.8. The molecule has 2 atom stereocenters. The molecule has 1 saturated carbocycles. The molecule has 0 saturated heterocycles. The lowest BCUT2D eigenvalue weighted by Gasteiger charge is -2.27. The van der Waals surface area contributed by atoms with Gasteiger partial charge in [-0.1, -0.05) is 31.9 Å². The highest BCUT2D eigenvalue weighted by Crippen LogP contribution is 2.23. The van der Waals surface area contributed by atoms with E-state index in [9.17, 15) is 4.79 Å². The molecule has 1 aromatic rings. The first-order chi connectivity index (χ1) is 8.65. The molecule has 18 heavy (non-hydrogen) atoms. The number of rotatable bonds is 4. The van der Waals surface area contributed by atoms with E-state index in [1.807, 2.05) is 12.1 Å². The molecule has 2 rings (SSSR count). The molecule has 0 radical (unpaired) electrons. The first kappa shape index (κ1) is 13.1. The summed E-state index contributed by atoms with van der Waals surface area (Å²) in [6.07, 6.45) is 5.26. The van der Waals surface area contributed by atoms with Crippen LogP contribution >= 0.6 is 0 Å². The average Bonchev–Trinajstić information content (AvgIpc) is 2.37. The first-order valence-electron chi connectivity index (χ1n) is 6.77. The number of nitrogens with one attached hydrogen (secondary N) is 1. The molecule has 1 aliphatic rings. The Kier molecular flexibility index (Phi) is 4.37. The number of amides is 1. The topological polar surface area (TPSA) is 55.1 Å². The highest BCUT2D eigenvalue weighted by atomic mass is 16.1. The smallest absolute Gasteiger partial charge is 0.248 e. The molecule has 1 aromatic carbocycles. The molecule has 1 fully saturated rings. The van der Waals surface area contributed by atoms with E-state index in [4.69, 9.17) is 5.73 Å². The van der Waals surface area contributed by atoms with Crippen molar-refractivity contribution in [2.45, 2.75) is 45.2 Å². The molecule has 3 nitrogen and oxygen atoms in total. The Morgan fingerprint density at radius 2 is 2.06 bits per heavy atom. The Morgan fingerprint density at radius 3 is 2.67 bits per heavy atom. The van der Waals surface area contributed by atoms with Crippen LogP contribution in [0.3, 0.4) is 0 Å². The molecule has 0 spiro atoms. The van der Waals surface area contributed by atoms with E-state index in [-0.39, 0.29) is 5.91 Å². The standard InChI is InChI=1S/C15H22N2O/c1-11-3-2-4-14(9-11)17-10-12-5-7-13(8-6-12)15(16)18/h5-8,11,14,17H,2-4,9-10H2,1H3,(H2,16,18). The Balaban J connectivity index is 1.84. The van der Waals surface area contributed by atoms with Gasteiger partial charge in [-0.25, -0.2) is 0 Å². The lowest BCUT2D eigenvalue weighted by Crippen LogP contribution is -2.33. The Labute approximate surface area is 109 Å². The van der Waals surface area contributed by atoms with Crippen LogP contribution in [0.4, 0.5) is 0 Å². The van der Waals surface area contributed by atoms with Gasteiger partial charge in [0.05, 0.1) is 0 Å². The minimum Gasteiger partial charge on any atom is -0.366 e. The van der Waals surface area contributed by atoms with E-state index >= 15 is 0 Å². The van der Waals surface area contributed by atoms with Crippen molar-refractivity contribution in [2.24, 2.45) is 11.7 Å². The van der Waals surface area contributed by atoms with Gasteiger partial charge in [0.2, 0.25) is 5.91 Å². The maximum Gasteiger partial charge on any atom is 0.248 e. The van der Waals surface area contributed by atoms with Gasteiger partial charge in [-0.15, -0.1) is 0 Å². The molecule has 0 aromatic heterocycles. The van der Waals surface area contributed by atoms with Crippen LogP contribution in [0.5, 0.6) is 0 Å². The monoisotopic (exact) mass is 246 g/mol. The number of hydrogen-bond donors (Lipinski definition) is 2. The van der Waals surface area contributed by atoms with Crippen LogP contribution in [0.15, 0.2) is 24.3 Å². The summed E-state index contributed by atoms with van der Waals surface area (Å²) in [4.78, 5) is 11.0. The summed E-state index contributed by atoms with van der Waals surface area (Å²) in [5, 5.41) is 3.60. The minimum absolute atomic E-state index is 0.365. The summed E-state index contributed by atoms with van der Waals surface area (Å²) in [7, 11) is 0. The summed E-state index contributed by atoms with van der Waals surface area (Å²) >= 11 is 0. The van der Waals surface area contributed by atoms with Gasteiger partial charge in [0.15, 0.2) is 0 Å². The highest BCUT2D eigenvalue weighted by molar-refractivity contribution is 5.92. The fourth-order valence-electron chi connectivity index (χ4n) is 2.67. The van der Waals surface area contributed by atoms with Crippen LogP contribution in [0.25, 0.3) is 0 Å². The van der Waals surface area contributed by atoms with E-state index in [0.29, 0.717) is 11.6 Å². The third kappa shape index (κ3) is 3.57. The zero-order chi connectivity index (χ0) is 13.0. The van der Waals surface area contributed by atoms with Crippen molar-refractivity contribution in [1.82, 2.24) is 5.32 Å². The highest BCUT2D eigenvalue weighted by Gasteiger charge is 2.17. The molecular weight excluding hydrogens is 224 g/mol. The maximum absolute atomic E-state index is 11.0. The summed E-state index contributed by atoms with van der Waals surface area (Å²) in [6, 6.07) is 8.18. The largest absolute Gasteiger partial charge is 0.366 e. The number of nitrogens with two attached hydrogens (primary N) is 1. The molecule has 3 heteroatoms. The van der Waals surface area contributed by atoms with Crippen LogP contribution < -0.4 is 11.1 Å². The summed E-state index contributed by atoms with van der Waals surface area (Å²) in [5.74, 6) is 0.476. The van der Waals surface area contributed by atoms with Crippen molar-refractivity contribution in [3.05, 3.63) is 35.4 Å². The number of carbonyl (C=O) groups excluding carboxylic acids is 1. The Hall–Kier alpha value is -1.35. The van der Waals surface area contributed by atoms with Gasteiger partial charge in [0.1, 0.15) is 0 Å². The number of primary amides is 1. The summed E-state index contributed by atoms with van der Waals surface area (Å²) < 4.78 is 0. The molecular formula is C15H22N2O. The summed E-state index contributed by atoms with van der Waals surface area (Å²) in [6.45, 7) is 3.20. The van der Waals surface area contributed by atoms with Crippen molar-refractivity contribution >= 4 is 5.91 Å². The second-order valence-electron chi connectivity index (χ2n) is 5.41. The minimum atomic E-state index is -0.365. The fraction of sp³-hybridized carbons (Fsp3) is 0.533. The average molecular weight is 246 g/mol. The van der Waals surface area contributed by atoms with Crippen LogP contribution in [0.1, 0.15) is 48.5 Å². The second kappa shape index (κ2) is 6.01. The SMILES string of the molecule is CC1CCCC(NCc2ccc(C(N)=O)cc2)C1. The molecule has 0 bridgehead atoms. The van der Waals surface area contributed by atoms with E-state index in [2.05, 4.69) is 12.2 Å². The van der Waals surface area contributed by atoms with Gasteiger partial charge in [-0.3, -0.25) is 4.79 Å². The number of hydrogen-bond acceptors (Lipinski definition) is 2. The lowest BCUT2D eigenvalue weighted by molar-refractivity contribution is 0.100. The van der Waals surface area contributed by atoms with Crippen LogP contribution in [0, 0.1) is 5.92 Å². The Morgan fingerprint density at radius 1 is 1.33 bits per heavy atom. The van der Waals surface area contributed by atoms with Crippen LogP contribution in [-0.2, 0) is 6.54 Å². The molecule has 1 amide bonds. The third-order valence-electron chi connectivity index (χ3n) is 3.77. The van der Waals surface area contributed by atoms with E-state index < -0.39 is 0 Å². The summed E-state index contributed by atoms with van der Waals surface area (Å²) in [5.41, 5.74) is 7.00. The van der Waals surface area contributed by atoms with Crippen LogP contribution in [0.2, 0.25) is 0 Å².